The molecule has 16 heavy (non-hydrogen) atoms. The Morgan fingerprint density at radius 3 is 2.94 bits per heavy atom. The van der Waals surface area contributed by atoms with Gasteiger partial charge in [0.25, 0.3) is 0 Å². The lowest BCUT2D eigenvalue weighted by molar-refractivity contribution is 0.674. The fourth-order valence-electron chi connectivity index (χ4n) is 2.17. The van der Waals surface area contributed by atoms with Crippen molar-refractivity contribution in [2.24, 2.45) is 0 Å². The molecule has 0 saturated heterocycles. The highest BCUT2D eigenvalue weighted by Gasteiger charge is 2.10. The summed E-state index contributed by atoms with van der Waals surface area (Å²) >= 11 is 0. The summed E-state index contributed by atoms with van der Waals surface area (Å²) in [5, 5.41) is 1.25. The molecular weight excluding hydrogens is 196 g/mol. The molecule has 0 aliphatic carbocycles. The van der Waals surface area contributed by atoms with Crippen molar-refractivity contribution in [2.75, 3.05) is 0 Å². The third-order valence-electron chi connectivity index (χ3n) is 2.91. The first-order valence-corrected chi connectivity index (χ1v) is 5.72. The highest BCUT2D eigenvalue weighted by atomic mass is 14.9. The van der Waals surface area contributed by atoms with Crippen LogP contribution in [0.5, 0.6) is 0 Å². The Morgan fingerprint density at radius 2 is 2.06 bits per heavy atom. The Balaban J connectivity index is 2.24. The lowest BCUT2D eigenvalue weighted by Gasteiger charge is -2.06. The third-order valence-corrected chi connectivity index (χ3v) is 2.91. The van der Waals surface area contributed by atoms with Crippen LogP contribution in [0.4, 0.5) is 0 Å². The maximum atomic E-state index is 4.64. The number of benzene rings is 1. The predicted octanol–water partition coefficient (Wildman–Crippen LogP) is 3.55. The van der Waals surface area contributed by atoms with Crippen molar-refractivity contribution >= 4 is 10.9 Å². The Bertz CT molecular complexity index is 595. The van der Waals surface area contributed by atoms with Gasteiger partial charge in [0.1, 0.15) is 0 Å². The van der Waals surface area contributed by atoms with Crippen molar-refractivity contribution in [1.29, 1.82) is 0 Å². The molecule has 0 amide bonds. The molecule has 2 nitrogen and oxygen atoms in total. The van der Waals surface area contributed by atoms with Crippen molar-refractivity contribution < 1.29 is 0 Å². The van der Waals surface area contributed by atoms with Crippen molar-refractivity contribution in [3.05, 3.63) is 42.7 Å². The number of pyridine rings is 1. The van der Waals surface area contributed by atoms with E-state index >= 15 is 0 Å². The molecule has 1 aromatic rings. The molecule has 0 unspecified atom stereocenters. The zero-order valence-electron chi connectivity index (χ0n) is 9.35. The number of rotatable bonds is 2. The first-order chi connectivity index (χ1) is 7.88. The summed E-state index contributed by atoms with van der Waals surface area (Å²) in [5.74, 6) is 0. The summed E-state index contributed by atoms with van der Waals surface area (Å²) in [4.78, 5) is 4.64. The first-order valence-electron chi connectivity index (χ1n) is 5.72. The second-order valence-corrected chi connectivity index (χ2v) is 4.11. The van der Waals surface area contributed by atoms with Crippen LogP contribution in [0, 0.1) is 0 Å². The Kier molecular flexibility index (Phi) is 2.13. The summed E-state index contributed by atoms with van der Waals surface area (Å²) < 4.78 is 2.20. The molecule has 0 aromatic heterocycles. The molecule has 80 valence electrons. The van der Waals surface area contributed by atoms with E-state index in [1.807, 2.05) is 6.07 Å². The molecule has 0 N–H and O–H groups in total. The van der Waals surface area contributed by atoms with E-state index in [9.17, 15) is 0 Å². The minimum atomic E-state index is 1.05. The highest BCUT2D eigenvalue weighted by Crippen LogP contribution is 2.30. The molecular formula is C14H14N2. The quantitative estimate of drug-likeness (QED) is 0.632. The number of nitrogens with zero attached hydrogens (tertiary/aromatic N) is 2. The number of aryl methyl sites for hydroxylation is 1. The molecule has 0 bridgehead atoms. The van der Waals surface area contributed by atoms with E-state index in [-0.39, 0.29) is 0 Å². The average molecular weight is 210 g/mol. The van der Waals surface area contributed by atoms with Crippen LogP contribution >= 0.6 is 0 Å². The van der Waals surface area contributed by atoms with Gasteiger partial charge in [-0.15, -0.1) is 0 Å². The molecule has 1 aromatic carbocycles. The minimum absolute atomic E-state index is 1.05. The normalized spacial score (nSPS) is 11.3. The van der Waals surface area contributed by atoms with E-state index in [2.05, 4.69) is 53.1 Å². The lowest BCUT2D eigenvalue weighted by atomic mass is 10.1. The van der Waals surface area contributed by atoms with Crippen LogP contribution in [-0.4, -0.2) is 9.55 Å². The first kappa shape index (κ1) is 9.40. The molecule has 0 spiro atoms. The molecule has 3 rings (SSSR count). The van der Waals surface area contributed by atoms with Gasteiger partial charge >= 0.3 is 0 Å². The molecule has 0 fully saturated rings. The van der Waals surface area contributed by atoms with E-state index in [0.717, 1.165) is 24.2 Å². The van der Waals surface area contributed by atoms with Crippen LogP contribution in [0.15, 0.2) is 42.7 Å². The lowest BCUT2D eigenvalue weighted by Crippen LogP contribution is -1.97. The van der Waals surface area contributed by atoms with Gasteiger partial charge in [0.05, 0.1) is 11.2 Å². The topological polar surface area (TPSA) is 17.8 Å². The van der Waals surface area contributed by atoms with E-state index < -0.39 is 0 Å². The summed E-state index contributed by atoms with van der Waals surface area (Å²) in [6.07, 6.45) is 5.43. The van der Waals surface area contributed by atoms with Gasteiger partial charge in [0.2, 0.25) is 0 Å². The molecule has 0 radical (unpaired) electrons. The van der Waals surface area contributed by atoms with Crippen molar-refractivity contribution in [3.8, 4) is 11.3 Å². The molecule has 0 saturated carbocycles. The smallest absolute Gasteiger partial charge is 0.0878 e. The summed E-state index contributed by atoms with van der Waals surface area (Å²) in [5.41, 5.74) is 3.44. The largest absolute Gasteiger partial charge is 0.352 e. The maximum Gasteiger partial charge on any atom is 0.0878 e. The average Bonchev–Trinajstić information content (AvgIpc) is 2.67. The van der Waals surface area contributed by atoms with Crippen LogP contribution < -0.4 is 0 Å². The van der Waals surface area contributed by atoms with Crippen LogP contribution in [0.2, 0.25) is 0 Å². The van der Waals surface area contributed by atoms with Crippen molar-refractivity contribution in [1.82, 2.24) is 9.55 Å². The van der Waals surface area contributed by atoms with E-state index in [1.165, 1.54) is 10.9 Å². The van der Waals surface area contributed by atoms with Gasteiger partial charge in [0, 0.05) is 29.9 Å². The molecule has 2 aliphatic rings. The van der Waals surface area contributed by atoms with Crippen molar-refractivity contribution in [2.45, 2.75) is 19.9 Å². The zero-order chi connectivity index (χ0) is 11.0. The van der Waals surface area contributed by atoms with Gasteiger partial charge < -0.3 is 4.57 Å². The molecule has 2 heteroatoms. The SMILES string of the molecule is CCCn1ccc2c3ccccc3nc-2c1. The van der Waals surface area contributed by atoms with Crippen LogP contribution in [0.3, 0.4) is 0 Å². The van der Waals surface area contributed by atoms with Crippen molar-refractivity contribution in [3.63, 3.8) is 0 Å². The van der Waals surface area contributed by atoms with Crippen LogP contribution in [-0.2, 0) is 6.54 Å². The second kappa shape index (κ2) is 3.63. The van der Waals surface area contributed by atoms with Gasteiger partial charge in [0.15, 0.2) is 0 Å². The van der Waals surface area contributed by atoms with Gasteiger partial charge in [-0.25, -0.2) is 4.98 Å². The van der Waals surface area contributed by atoms with E-state index in [0.29, 0.717) is 0 Å². The zero-order valence-corrected chi connectivity index (χ0v) is 9.35. The second-order valence-electron chi connectivity index (χ2n) is 4.11. The summed E-state index contributed by atoms with van der Waals surface area (Å²) in [6, 6.07) is 10.5. The van der Waals surface area contributed by atoms with Gasteiger partial charge in [-0.3, -0.25) is 0 Å². The molecule has 2 heterocycles. The Labute approximate surface area is 94.9 Å². The summed E-state index contributed by atoms with van der Waals surface area (Å²) in [6.45, 7) is 3.24. The minimum Gasteiger partial charge on any atom is -0.352 e. The fraction of sp³-hybridized carbons (Fsp3) is 0.214. The number of para-hydroxylation sites is 1. The van der Waals surface area contributed by atoms with E-state index in [1.54, 1.807) is 0 Å². The maximum absolute atomic E-state index is 4.64. The number of hydrogen-bond acceptors (Lipinski definition) is 1. The van der Waals surface area contributed by atoms with Gasteiger partial charge in [-0.05, 0) is 18.6 Å². The predicted molar refractivity (Wildman–Crippen MR) is 66.6 cm³/mol. The molecule has 0 atom stereocenters. The summed E-state index contributed by atoms with van der Waals surface area (Å²) in [7, 11) is 0. The standard InChI is InChI=1S/C14H14N2/c1-2-8-16-9-7-12-11-5-3-4-6-13(11)15-14(12)10-16/h3-7,9-10H,2,8H2,1H3. The third kappa shape index (κ3) is 1.38. The highest BCUT2D eigenvalue weighted by molar-refractivity contribution is 5.96. The number of aromatic nitrogens is 2. The monoisotopic (exact) mass is 210 g/mol. The van der Waals surface area contributed by atoms with Gasteiger partial charge in [-0.1, -0.05) is 25.1 Å². The van der Waals surface area contributed by atoms with Gasteiger partial charge in [-0.2, -0.15) is 0 Å². The Morgan fingerprint density at radius 1 is 1.19 bits per heavy atom. The Hall–Kier alpha value is -1.83. The van der Waals surface area contributed by atoms with E-state index in [4.69, 9.17) is 0 Å². The fourth-order valence-corrected chi connectivity index (χ4v) is 2.17. The van der Waals surface area contributed by atoms with Crippen LogP contribution in [0.1, 0.15) is 13.3 Å². The molecule has 2 aliphatic heterocycles. The van der Waals surface area contributed by atoms with Crippen LogP contribution in [0.25, 0.3) is 22.2 Å². The number of fused-ring (bicyclic) bond motifs is 3. The number of hydrogen-bond donors (Lipinski definition) is 0.